The predicted octanol–water partition coefficient (Wildman–Crippen LogP) is 2.89. The van der Waals surface area contributed by atoms with Gasteiger partial charge in [-0.1, -0.05) is 41.9 Å². The molecular formula is C20H18ClN3O3. The summed E-state index contributed by atoms with van der Waals surface area (Å²) in [6.07, 6.45) is 0. The Kier molecular flexibility index (Phi) is 5.88. The lowest BCUT2D eigenvalue weighted by atomic mass is 10.1. The van der Waals surface area contributed by atoms with Crippen LogP contribution in [0.15, 0.2) is 65.5 Å². The fourth-order valence-corrected chi connectivity index (χ4v) is 2.73. The molecule has 1 aromatic heterocycles. The van der Waals surface area contributed by atoms with Crippen molar-refractivity contribution < 1.29 is 9.53 Å². The van der Waals surface area contributed by atoms with Crippen molar-refractivity contribution in [2.24, 2.45) is 0 Å². The fraction of sp³-hybridized carbons (Fsp3) is 0.150. The number of nitrogens with zero attached hydrogens (tertiary/aromatic N) is 2. The lowest BCUT2D eigenvalue weighted by Crippen LogP contribution is -2.33. The van der Waals surface area contributed by atoms with E-state index in [1.165, 1.54) is 6.07 Å². The minimum atomic E-state index is -0.352. The first-order valence-electron chi connectivity index (χ1n) is 8.29. The number of methoxy groups -OCH3 is 1. The van der Waals surface area contributed by atoms with E-state index in [9.17, 15) is 9.59 Å². The molecule has 0 saturated carbocycles. The van der Waals surface area contributed by atoms with Gasteiger partial charge in [0.15, 0.2) is 0 Å². The molecule has 1 N–H and O–H groups in total. The van der Waals surface area contributed by atoms with Gasteiger partial charge in [-0.25, -0.2) is 4.68 Å². The molecule has 0 bridgehead atoms. The maximum absolute atomic E-state index is 12.2. The second-order valence-corrected chi connectivity index (χ2v) is 6.22. The summed E-state index contributed by atoms with van der Waals surface area (Å²) in [5, 5.41) is 7.62. The van der Waals surface area contributed by atoms with Crippen LogP contribution in [0.1, 0.15) is 5.56 Å². The second-order valence-electron chi connectivity index (χ2n) is 5.81. The topological polar surface area (TPSA) is 73.2 Å². The number of carbonyl (C=O) groups is 1. The van der Waals surface area contributed by atoms with Gasteiger partial charge in [0.25, 0.3) is 5.56 Å². The van der Waals surface area contributed by atoms with Crippen LogP contribution >= 0.6 is 11.6 Å². The Morgan fingerprint density at radius 2 is 1.96 bits per heavy atom. The number of amides is 1. The lowest BCUT2D eigenvalue weighted by Gasteiger charge is -2.09. The fourth-order valence-electron chi connectivity index (χ4n) is 2.53. The summed E-state index contributed by atoms with van der Waals surface area (Å²) in [6, 6.07) is 17.6. The van der Waals surface area contributed by atoms with Crippen molar-refractivity contribution in [1.82, 2.24) is 15.1 Å². The van der Waals surface area contributed by atoms with Crippen LogP contribution in [0.4, 0.5) is 0 Å². The maximum atomic E-state index is 12.2. The molecule has 0 aliphatic carbocycles. The SMILES string of the molecule is COc1cccc(-c2ccc(=O)n(CC(=O)NCc3ccccc3Cl)n2)c1. The molecule has 2 aromatic carbocycles. The minimum absolute atomic E-state index is 0.179. The zero-order chi connectivity index (χ0) is 19.2. The number of aromatic nitrogens is 2. The third-order valence-corrected chi connectivity index (χ3v) is 4.33. The van der Waals surface area contributed by atoms with Crippen molar-refractivity contribution in [3.8, 4) is 17.0 Å². The number of benzene rings is 2. The van der Waals surface area contributed by atoms with E-state index in [0.717, 1.165) is 15.8 Å². The summed E-state index contributed by atoms with van der Waals surface area (Å²) in [5.74, 6) is 0.358. The molecule has 3 rings (SSSR count). The first-order chi connectivity index (χ1) is 13.1. The molecule has 6 nitrogen and oxygen atoms in total. The van der Waals surface area contributed by atoms with Crippen LogP contribution < -0.4 is 15.6 Å². The zero-order valence-corrected chi connectivity index (χ0v) is 15.4. The van der Waals surface area contributed by atoms with Gasteiger partial charge in [0, 0.05) is 23.2 Å². The first-order valence-corrected chi connectivity index (χ1v) is 8.67. The summed E-state index contributed by atoms with van der Waals surface area (Å²) in [7, 11) is 1.58. The Balaban J connectivity index is 1.73. The van der Waals surface area contributed by atoms with Crippen LogP contribution in [0.3, 0.4) is 0 Å². The van der Waals surface area contributed by atoms with Crippen molar-refractivity contribution in [1.29, 1.82) is 0 Å². The van der Waals surface area contributed by atoms with Gasteiger partial charge in [0.05, 0.1) is 12.8 Å². The van der Waals surface area contributed by atoms with Crippen LogP contribution in [0.5, 0.6) is 5.75 Å². The van der Waals surface area contributed by atoms with Crippen molar-refractivity contribution in [3.63, 3.8) is 0 Å². The molecule has 0 radical (unpaired) electrons. The third-order valence-electron chi connectivity index (χ3n) is 3.96. The molecule has 1 heterocycles. The number of carbonyl (C=O) groups excluding carboxylic acids is 1. The molecule has 0 saturated heterocycles. The van der Waals surface area contributed by atoms with Crippen LogP contribution in [0, 0.1) is 0 Å². The summed E-state index contributed by atoms with van der Waals surface area (Å²) >= 11 is 6.08. The average Bonchev–Trinajstić information content (AvgIpc) is 2.69. The summed E-state index contributed by atoms with van der Waals surface area (Å²) in [6.45, 7) is 0.101. The smallest absolute Gasteiger partial charge is 0.267 e. The van der Waals surface area contributed by atoms with Gasteiger partial charge in [-0.2, -0.15) is 5.10 Å². The van der Waals surface area contributed by atoms with Gasteiger partial charge >= 0.3 is 0 Å². The summed E-state index contributed by atoms with van der Waals surface area (Å²) in [4.78, 5) is 24.3. The number of hydrogen-bond donors (Lipinski definition) is 1. The van der Waals surface area contributed by atoms with Crippen molar-refractivity contribution in [2.45, 2.75) is 13.1 Å². The van der Waals surface area contributed by atoms with Crippen LogP contribution in [0.25, 0.3) is 11.3 Å². The van der Waals surface area contributed by atoms with E-state index in [1.807, 2.05) is 42.5 Å². The maximum Gasteiger partial charge on any atom is 0.267 e. The Hall–Kier alpha value is -3.12. The highest BCUT2D eigenvalue weighted by Gasteiger charge is 2.09. The van der Waals surface area contributed by atoms with E-state index < -0.39 is 0 Å². The number of rotatable bonds is 6. The van der Waals surface area contributed by atoms with Gasteiger partial charge in [0.2, 0.25) is 5.91 Å². The molecule has 0 aliphatic rings. The Labute approximate surface area is 161 Å². The molecule has 3 aromatic rings. The van der Waals surface area contributed by atoms with Crippen molar-refractivity contribution >= 4 is 17.5 Å². The molecule has 0 spiro atoms. The second kappa shape index (κ2) is 8.51. The molecule has 0 unspecified atom stereocenters. The number of halogens is 1. The quantitative estimate of drug-likeness (QED) is 0.710. The van der Waals surface area contributed by atoms with Crippen LogP contribution in [-0.2, 0) is 17.9 Å². The number of hydrogen-bond acceptors (Lipinski definition) is 4. The highest BCUT2D eigenvalue weighted by molar-refractivity contribution is 6.31. The lowest BCUT2D eigenvalue weighted by molar-refractivity contribution is -0.122. The van der Waals surface area contributed by atoms with E-state index in [-0.39, 0.29) is 24.6 Å². The minimum Gasteiger partial charge on any atom is -0.497 e. The average molecular weight is 384 g/mol. The Bertz CT molecular complexity index is 1020. The Morgan fingerprint density at radius 1 is 1.15 bits per heavy atom. The number of ether oxygens (including phenoxy) is 1. The van der Waals surface area contributed by atoms with Crippen LogP contribution in [-0.4, -0.2) is 22.8 Å². The van der Waals surface area contributed by atoms with Gasteiger partial charge < -0.3 is 10.1 Å². The monoisotopic (exact) mass is 383 g/mol. The van der Waals surface area contributed by atoms with Crippen molar-refractivity contribution in [2.75, 3.05) is 7.11 Å². The van der Waals surface area contributed by atoms with E-state index in [2.05, 4.69) is 10.4 Å². The normalized spacial score (nSPS) is 10.4. The third kappa shape index (κ3) is 4.74. The van der Waals surface area contributed by atoms with Gasteiger partial charge in [0.1, 0.15) is 12.3 Å². The van der Waals surface area contributed by atoms with Crippen LogP contribution in [0.2, 0.25) is 5.02 Å². The largest absolute Gasteiger partial charge is 0.497 e. The first kappa shape index (κ1) is 18.7. The molecule has 138 valence electrons. The molecule has 0 atom stereocenters. The molecule has 27 heavy (non-hydrogen) atoms. The molecule has 1 amide bonds. The van der Waals surface area contributed by atoms with Gasteiger partial charge in [-0.05, 0) is 29.8 Å². The molecule has 7 heteroatoms. The van der Waals surface area contributed by atoms with E-state index in [4.69, 9.17) is 16.3 Å². The molecule has 0 aliphatic heterocycles. The molecular weight excluding hydrogens is 366 g/mol. The standard InChI is InChI=1S/C20H18ClN3O3/c1-27-16-7-4-6-14(11-16)18-9-10-20(26)24(23-18)13-19(25)22-12-15-5-2-3-8-17(15)21/h2-11H,12-13H2,1H3,(H,22,25). The van der Waals surface area contributed by atoms with Gasteiger partial charge in [-0.3, -0.25) is 9.59 Å². The van der Waals surface area contributed by atoms with E-state index in [1.54, 1.807) is 19.2 Å². The number of nitrogens with one attached hydrogen (secondary N) is 1. The highest BCUT2D eigenvalue weighted by Crippen LogP contribution is 2.21. The zero-order valence-electron chi connectivity index (χ0n) is 14.7. The predicted molar refractivity (Wildman–Crippen MR) is 104 cm³/mol. The summed E-state index contributed by atoms with van der Waals surface area (Å²) < 4.78 is 6.34. The Morgan fingerprint density at radius 3 is 2.74 bits per heavy atom. The van der Waals surface area contributed by atoms with Crippen molar-refractivity contribution in [3.05, 3.63) is 81.6 Å². The molecule has 0 fully saturated rings. The highest BCUT2D eigenvalue weighted by atomic mass is 35.5. The van der Waals surface area contributed by atoms with E-state index >= 15 is 0 Å². The summed E-state index contributed by atoms with van der Waals surface area (Å²) in [5.41, 5.74) is 1.82. The van der Waals surface area contributed by atoms with Gasteiger partial charge in [-0.15, -0.1) is 0 Å². The van der Waals surface area contributed by atoms with E-state index in [0.29, 0.717) is 16.5 Å².